The number of nitrogens with zero attached hydrogens (tertiary/aromatic N) is 2. The van der Waals surface area contributed by atoms with Crippen molar-refractivity contribution in [1.82, 2.24) is 5.32 Å². The molecule has 0 aromatic heterocycles. The number of hydrogen-bond donors (Lipinski definition) is 1. The molecule has 3 aliphatic rings. The third-order valence-corrected chi connectivity index (χ3v) is 5.71. The maximum absolute atomic E-state index is 14.6. The van der Waals surface area contributed by atoms with Gasteiger partial charge < -0.3 is 19.5 Å². The van der Waals surface area contributed by atoms with Gasteiger partial charge in [-0.15, -0.1) is 0 Å². The van der Waals surface area contributed by atoms with Crippen LogP contribution in [0.5, 0.6) is 0 Å². The summed E-state index contributed by atoms with van der Waals surface area (Å²) < 4.78 is 30.5. The lowest BCUT2D eigenvalue weighted by atomic mass is 9.98. The van der Waals surface area contributed by atoms with Gasteiger partial charge in [-0.2, -0.15) is 0 Å². The standard InChI is InChI=1S/C20H24FN3O5S/c21-16-10-13(6-7-17(16)23-8-9-27-19(23)25)24-12-15(29-20(24)26)11-22-18(30)28-14-4-2-1-3-5-14/h6-7,10,14-15H,1-5,8-9,11-12H2,(H,22,30)/t15-/m0/s1. The number of ether oxygens (including phenoxy) is 3. The third-order valence-electron chi connectivity index (χ3n) is 5.47. The maximum atomic E-state index is 14.6. The molecule has 2 aliphatic heterocycles. The summed E-state index contributed by atoms with van der Waals surface area (Å²) in [6, 6.07) is 4.26. The summed E-state index contributed by atoms with van der Waals surface area (Å²) in [5.74, 6) is -0.609. The van der Waals surface area contributed by atoms with E-state index in [-0.39, 0.29) is 31.5 Å². The van der Waals surface area contributed by atoms with Crippen LogP contribution >= 0.6 is 12.2 Å². The van der Waals surface area contributed by atoms with Crippen LogP contribution in [0, 0.1) is 5.82 Å². The Kier molecular flexibility index (Phi) is 6.21. The molecule has 2 amide bonds. The summed E-state index contributed by atoms with van der Waals surface area (Å²) in [6.07, 6.45) is 4.10. The Labute approximate surface area is 179 Å². The molecule has 3 fully saturated rings. The third kappa shape index (κ3) is 4.58. The van der Waals surface area contributed by atoms with Crippen LogP contribution in [0.15, 0.2) is 18.2 Å². The smallest absolute Gasteiger partial charge is 0.414 e. The topological polar surface area (TPSA) is 80.3 Å². The minimum absolute atomic E-state index is 0.122. The minimum atomic E-state index is -0.609. The molecule has 1 aliphatic carbocycles. The van der Waals surface area contributed by atoms with Gasteiger partial charge >= 0.3 is 12.2 Å². The number of amides is 2. The number of carbonyl (C=O) groups is 2. The van der Waals surface area contributed by atoms with Crippen LogP contribution in [0.4, 0.5) is 25.4 Å². The van der Waals surface area contributed by atoms with E-state index >= 15 is 0 Å². The highest BCUT2D eigenvalue weighted by atomic mass is 32.1. The molecule has 0 bridgehead atoms. The predicted octanol–water partition coefficient (Wildman–Crippen LogP) is 3.33. The molecule has 2 heterocycles. The number of carbonyl (C=O) groups excluding carboxylic acids is 2. The van der Waals surface area contributed by atoms with Crippen molar-refractivity contribution in [3.63, 3.8) is 0 Å². The SMILES string of the molecule is O=C1O[C@@H](CNC(=S)OC2CCCCC2)CN1c1ccc(N2CCOC2=O)c(F)c1. The zero-order chi connectivity index (χ0) is 21.1. The van der Waals surface area contributed by atoms with Gasteiger partial charge in [-0.1, -0.05) is 6.42 Å². The number of rotatable bonds is 5. The van der Waals surface area contributed by atoms with Crippen LogP contribution in [0.2, 0.25) is 0 Å². The van der Waals surface area contributed by atoms with Crippen LogP contribution in [-0.2, 0) is 14.2 Å². The summed E-state index contributed by atoms with van der Waals surface area (Å²) >= 11 is 5.24. The van der Waals surface area contributed by atoms with E-state index in [4.69, 9.17) is 26.4 Å². The summed E-state index contributed by atoms with van der Waals surface area (Å²) in [5.41, 5.74) is 0.481. The van der Waals surface area contributed by atoms with Crippen LogP contribution < -0.4 is 15.1 Å². The van der Waals surface area contributed by atoms with Gasteiger partial charge in [0.25, 0.3) is 5.17 Å². The first-order valence-corrected chi connectivity index (χ1v) is 10.6. The second kappa shape index (κ2) is 9.03. The Bertz CT molecular complexity index is 833. The molecule has 4 rings (SSSR count). The van der Waals surface area contributed by atoms with Crippen molar-refractivity contribution in [2.75, 3.05) is 36.0 Å². The van der Waals surface area contributed by atoms with E-state index in [1.807, 2.05) is 0 Å². The van der Waals surface area contributed by atoms with Crippen LogP contribution in [0.25, 0.3) is 0 Å². The van der Waals surface area contributed by atoms with Crippen molar-refractivity contribution in [3.05, 3.63) is 24.0 Å². The monoisotopic (exact) mass is 437 g/mol. The van der Waals surface area contributed by atoms with E-state index < -0.39 is 24.1 Å². The first kappa shape index (κ1) is 20.6. The lowest BCUT2D eigenvalue weighted by molar-refractivity contribution is 0.128. The predicted molar refractivity (Wildman–Crippen MR) is 111 cm³/mol. The maximum Gasteiger partial charge on any atom is 0.414 e. The lowest BCUT2D eigenvalue weighted by Crippen LogP contribution is -2.36. The minimum Gasteiger partial charge on any atom is -0.468 e. The first-order chi connectivity index (χ1) is 14.5. The molecule has 0 unspecified atom stereocenters. The molecule has 0 spiro atoms. The van der Waals surface area contributed by atoms with E-state index in [1.54, 1.807) is 6.07 Å². The number of anilines is 2. The molecule has 1 aromatic carbocycles. The van der Waals surface area contributed by atoms with Crippen LogP contribution in [0.1, 0.15) is 32.1 Å². The van der Waals surface area contributed by atoms with Crippen molar-refractivity contribution in [2.24, 2.45) is 0 Å². The number of nitrogens with one attached hydrogen (secondary N) is 1. The summed E-state index contributed by atoms with van der Waals surface area (Å²) in [5, 5.41) is 3.31. The van der Waals surface area contributed by atoms with E-state index in [1.165, 1.54) is 28.4 Å². The van der Waals surface area contributed by atoms with Gasteiger partial charge in [0.2, 0.25) is 0 Å². The molecule has 1 aromatic rings. The second-order valence-electron chi connectivity index (χ2n) is 7.56. The fraction of sp³-hybridized carbons (Fsp3) is 0.550. The van der Waals surface area contributed by atoms with Crippen LogP contribution in [0.3, 0.4) is 0 Å². The Morgan fingerprint density at radius 1 is 1.20 bits per heavy atom. The summed E-state index contributed by atoms with van der Waals surface area (Å²) in [6.45, 7) is 1.08. The number of thiocarbonyl (C=S) groups is 1. The normalized spacial score (nSPS) is 22.1. The van der Waals surface area contributed by atoms with Crippen molar-refractivity contribution < 1.29 is 28.2 Å². The second-order valence-corrected chi connectivity index (χ2v) is 7.94. The lowest BCUT2D eigenvalue weighted by Gasteiger charge is -2.23. The van der Waals surface area contributed by atoms with Crippen molar-refractivity contribution >= 4 is 41.0 Å². The van der Waals surface area contributed by atoms with Crippen molar-refractivity contribution in [2.45, 2.75) is 44.3 Å². The van der Waals surface area contributed by atoms with Gasteiger partial charge in [-0.05, 0) is 56.1 Å². The van der Waals surface area contributed by atoms with E-state index in [0.29, 0.717) is 17.4 Å². The molecule has 10 heteroatoms. The number of cyclic esters (lactones) is 2. The average Bonchev–Trinajstić information content (AvgIpc) is 3.32. The summed E-state index contributed by atoms with van der Waals surface area (Å²) in [4.78, 5) is 26.5. The van der Waals surface area contributed by atoms with E-state index in [9.17, 15) is 14.0 Å². The number of hydrogen-bond acceptors (Lipinski definition) is 6. The highest BCUT2D eigenvalue weighted by molar-refractivity contribution is 7.80. The van der Waals surface area contributed by atoms with Gasteiger partial charge in [0, 0.05) is 0 Å². The Balaban J connectivity index is 1.31. The van der Waals surface area contributed by atoms with Gasteiger partial charge in [-0.25, -0.2) is 14.0 Å². The molecule has 0 radical (unpaired) electrons. The molecular weight excluding hydrogens is 413 g/mol. The molecular formula is C20H24FN3O5S. The van der Waals surface area contributed by atoms with Gasteiger partial charge in [-0.3, -0.25) is 9.80 Å². The van der Waals surface area contributed by atoms with E-state index in [0.717, 1.165) is 25.7 Å². The number of halogens is 1. The van der Waals surface area contributed by atoms with Crippen LogP contribution in [-0.4, -0.2) is 55.8 Å². The number of benzene rings is 1. The molecule has 1 atom stereocenters. The Morgan fingerprint density at radius 2 is 2.00 bits per heavy atom. The molecule has 8 nitrogen and oxygen atoms in total. The zero-order valence-electron chi connectivity index (χ0n) is 16.5. The van der Waals surface area contributed by atoms with E-state index in [2.05, 4.69) is 5.32 Å². The fourth-order valence-electron chi connectivity index (χ4n) is 3.91. The highest BCUT2D eigenvalue weighted by Gasteiger charge is 2.34. The zero-order valence-corrected chi connectivity index (χ0v) is 17.3. The van der Waals surface area contributed by atoms with Gasteiger partial charge in [0.1, 0.15) is 24.6 Å². The van der Waals surface area contributed by atoms with Gasteiger partial charge in [0.05, 0.1) is 31.0 Å². The fourth-order valence-corrected chi connectivity index (χ4v) is 4.13. The molecule has 162 valence electrons. The molecule has 1 saturated carbocycles. The van der Waals surface area contributed by atoms with Gasteiger partial charge in [0.15, 0.2) is 0 Å². The van der Waals surface area contributed by atoms with Crippen molar-refractivity contribution in [3.8, 4) is 0 Å². The average molecular weight is 437 g/mol. The Morgan fingerprint density at radius 3 is 2.70 bits per heavy atom. The van der Waals surface area contributed by atoms with Crippen molar-refractivity contribution in [1.29, 1.82) is 0 Å². The summed E-state index contributed by atoms with van der Waals surface area (Å²) in [7, 11) is 0. The first-order valence-electron chi connectivity index (χ1n) is 10.2. The quantitative estimate of drug-likeness (QED) is 0.708. The Hall–Kier alpha value is -2.62. The molecule has 2 saturated heterocycles. The molecule has 1 N–H and O–H groups in total. The molecule has 30 heavy (non-hydrogen) atoms. The highest BCUT2D eigenvalue weighted by Crippen LogP contribution is 2.29. The largest absolute Gasteiger partial charge is 0.468 e.